The van der Waals surface area contributed by atoms with Crippen molar-refractivity contribution in [1.82, 2.24) is 10.6 Å². The van der Waals surface area contributed by atoms with Crippen LogP contribution in [0.5, 0.6) is 0 Å². The first kappa shape index (κ1) is 22.4. The molecule has 2 aromatic carbocycles. The maximum absolute atomic E-state index is 12.7. The first-order valence-electron chi connectivity index (χ1n) is 12.0. The molecule has 0 heterocycles. The van der Waals surface area contributed by atoms with Crippen LogP contribution in [0, 0.1) is 17.3 Å². The van der Waals surface area contributed by atoms with E-state index in [1.807, 2.05) is 24.3 Å². The molecule has 0 bridgehead atoms. The van der Waals surface area contributed by atoms with Crippen LogP contribution in [0.2, 0.25) is 0 Å². The summed E-state index contributed by atoms with van der Waals surface area (Å²) in [7, 11) is 0. The van der Waals surface area contributed by atoms with Gasteiger partial charge in [-0.1, -0.05) is 55.5 Å². The fourth-order valence-electron chi connectivity index (χ4n) is 5.80. The Bertz CT molecular complexity index is 1090. The minimum absolute atomic E-state index is 0.0143. The molecule has 7 heteroatoms. The van der Waals surface area contributed by atoms with E-state index in [0.29, 0.717) is 19.4 Å². The van der Waals surface area contributed by atoms with Crippen LogP contribution in [0.3, 0.4) is 0 Å². The molecule has 3 N–H and O–H groups in total. The Morgan fingerprint density at radius 3 is 2.35 bits per heavy atom. The zero-order valence-electron chi connectivity index (χ0n) is 19.3. The lowest BCUT2D eigenvalue weighted by molar-refractivity contribution is -0.141. The van der Waals surface area contributed by atoms with Crippen molar-refractivity contribution in [3.05, 3.63) is 59.7 Å². The van der Waals surface area contributed by atoms with E-state index in [2.05, 4.69) is 34.9 Å². The number of rotatable bonds is 8. The number of hydrogen-bond donors (Lipinski definition) is 3. The van der Waals surface area contributed by atoms with Gasteiger partial charge in [0.2, 0.25) is 5.91 Å². The molecule has 178 valence electrons. The van der Waals surface area contributed by atoms with E-state index in [9.17, 15) is 14.4 Å². The van der Waals surface area contributed by atoms with Gasteiger partial charge in [-0.05, 0) is 53.9 Å². The van der Waals surface area contributed by atoms with E-state index in [0.717, 1.165) is 12.8 Å². The summed E-state index contributed by atoms with van der Waals surface area (Å²) in [6, 6.07) is 16.4. The Morgan fingerprint density at radius 2 is 1.71 bits per heavy atom. The molecule has 0 saturated heterocycles. The van der Waals surface area contributed by atoms with Crippen molar-refractivity contribution in [2.24, 2.45) is 17.3 Å². The molecule has 2 saturated carbocycles. The van der Waals surface area contributed by atoms with Crippen LogP contribution < -0.4 is 10.6 Å². The molecule has 7 nitrogen and oxygen atoms in total. The zero-order valence-corrected chi connectivity index (χ0v) is 19.3. The highest BCUT2D eigenvalue weighted by molar-refractivity contribution is 5.87. The summed E-state index contributed by atoms with van der Waals surface area (Å²) in [5.41, 5.74) is 4.30. The van der Waals surface area contributed by atoms with Gasteiger partial charge in [-0.2, -0.15) is 0 Å². The Kier molecular flexibility index (Phi) is 5.80. The lowest BCUT2D eigenvalue weighted by Crippen LogP contribution is -2.38. The summed E-state index contributed by atoms with van der Waals surface area (Å²) in [6.45, 7) is 2.26. The van der Waals surface area contributed by atoms with Gasteiger partial charge in [-0.15, -0.1) is 0 Å². The molecular formula is C27H30N2O5. The van der Waals surface area contributed by atoms with Gasteiger partial charge in [0.1, 0.15) is 6.61 Å². The van der Waals surface area contributed by atoms with Crippen molar-refractivity contribution in [2.75, 3.05) is 13.2 Å². The minimum atomic E-state index is -0.857. The fourth-order valence-corrected chi connectivity index (χ4v) is 5.80. The maximum atomic E-state index is 12.7. The number of ether oxygens (including phenoxy) is 1. The number of hydrogen-bond acceptors (Lipinski definition) is 4. The van der Waals surface area contributed by atoms with E-state index in [4.69, 9.17) is 9.84 Å². The van der Waals surface area contributed by atoms with Gasteiger partial charge in [0, 0.05) is 18.5 Å². The van der Waals surface area contributed by atoms with Crippen LogP contribution in [0.25, 0.3) is 11.1 Å². The molecule has 2 aromatic rings. The first-order valence-corrected chi connectivity index (χ1v) is 12.0. The predicted molar refractivity (Wildman–Crippen MR) is 126 cm³/mol. The van der Waals surface area contributed by atoms with Gasteiger partial charge < -0.3 is 20.5 Å². The second-order valence-corrected chi connectivity index (χ2v) is 9.95. The number of nitrogens with one attached hydrogen (secondary N) is 2. The molecule has 1 unspecified atom stereocenters. The average molecular weight is 463 g/mol. The van der Waals surface area contributed by atoms with E-state index in [1.54, 1.807) is 6.92 Å². The van der Waals surface area contributed by atoms with Crippen molar-refractivity contribution < 1.29 is 24.2 Å². The molecule has 0 spiro atoms. The molecule has 0 aliphatic heterocycles. The third kappa shape index (κ3) is 4.04. The minimum Gasteiger partial charge on any atom is -0.481 e. The molecule has 3 aliphatic rings. The van der Waals surface area contributed by atoms with Crippen LogP contribution in [-0.4, -0.2) is 42.3 Å². The molecule has 3 aliphatic carbocycles. The second-order valence-electron chi connectivity index (χ2n) is 9.95. The van der Waals surface area contributed by atoms with Gasteiger partial charge >= 0.3 is 12.1 Å². The second kappa shape index (κ2) is 8.78. The largest absolute Gasteiger partial charge is 0.481 e. The molecule has 0 aromatic heterocycles. The third-order valence-electron chi connectivity index (χ3n) is 7.81. The molecule has 2 fully saturated rings. The van der Waals surface area contributed by atoms with Crippen LogP contribution >= 0.6 is 0 Å². The van der Waals surface area contributed by atoms with Crippen LogP contribution in [0.1, 0.15) is 49.7 Å². The molecule has 2 amide bonds. The molecule has 4 atom stereocenters. The smallest absolute Gasteiger partial charge is 0.407 e. The monoisotopic (exact) mass is 462 g/mol. The Labute approximate surface area is 198 Å². The molecule has 34 heavy (non-hydrogen) atoms. The van der Waals surface area contributed by atoms with Crippen LogP contribution in [0.4, 0.5) is 4.79 Å². The number of carboxylic acids is 1. The van der Waals surface area contributed by atoms with Crippen molar-refractivity contribution in [3.8, 4) is 11.1 Å². The van der Waals surface area contributed by atoms with Gasteiger partial charge in [-0.3, -0.25) is 9.59 Å². The van der Waals surface area contributed by atoms with Crippen molar-refractivity contribution in [3.63, 3.8) is 0 Å². The lowest BCUT2D eigenvalue weighted by atomic mass is 9.98. The number of amides is 2. The molecular weight excluding hydrogens is 432 g/mol. The van der Waals surface area contributed by atoms with E-state index in [1.165, 1.54) is 22.3 Å². The van der Waals surface area contributed by atoms with Gasteiger partial charge in [0.15, 0.2) is 0 Å². The first-order chi connectivity index (χ1) is 16.4. The summed E-state index contributed by atoms with van der Waals surface area (Å²) in [4.78, 5) is 36.3. The number of aliphatic carboxylic acids is 1. The summed E-state index contributed by atoms with van der Waals surface area (Å²) < 4.78 is 5.65. The highest BCUT2D eigenvalue weighted by Gasteiger charge is 2.65. The number of alkyl carbamates (subject to hydrolysis) is 1. The zero-order chi connectivity index (χ0) is 23.9. The summed E-state index contributed by atoms with van der Waals surface area (Å²) in [5.74, 6) is -1.08. The van der Waals surface area contributed by atoms with E-state index in [-0.39, 0.29) is 30.4 Å². The van der Waals surface area contributed by atoms with Gasteiger partial charge in [-0.25, -0.2) is 4.79 Å². The van der Waals surface area contributed by atoms with Crippen LogP contribution in [-0.2, 0) is 14.3 Å². The number of carbonyl (C=O) groups is 3. The normalized spacial score (nSPS) is 25.0. The summed E-state index contributed by atoms with van der Waals surface area (Å²) in [5, 5.41) is 14.8. The van der Waals surface area contributed by atoms with E-state index >= 15 is 0 Å². The quantitative estimate of drug-likeness (QED) is 0.552. The average Bonchev–Trinajstić information content (AvgIpc) is 3.26. The van der Waals surface area contributed by atoms with E-state index < -0.39 is 23.4 Å². The number of benzene rings is 2. The Balaban J connectivity index is 1.12. The Morgan fingerprint density at radius 1 is 1.06 bits per heavy atom. The molecule has 5 rings (SSSR count). The standard InChI is InChI=1S/C27H30N2O5/c1-16(24(30)31)10-11-28-25(32)27-13-17(27)12-18(14-27)29-26(33)34-15-23-21-8-4-2-6-19(21)20-7-3-5-9-22(20)23/h2-9,16-18,23H,10-15H2,1H3,(H,28,32)(H,29,33)(H,30,31)/t16?,17-,18+,27+/m0/s1. The Hall–Kier alpha value is -3.35. The van der Waals surface area contributed by atoms with Crippen LogP contribution in [0.15, 0.2) is 48.5 Å². The van der Waals surface area contributed by atoms with Crippen molar-refractivity contribution in [1.29, 1.82) is 0 Å². The van der Waals surface area contributed by atoms with Crippen molar-refractivity contribution in [2.45, 2.75) is 44.6 Å². The lowest BCUT2D eigenvalue weighted by Gasteiger charge is -2.19. The highest BCUT2D eigenvalue weighted by Crippen LogP contribution is 2.63. The summed E-state index contributed by atoms with van der Waals surface area (Å²) in [6.07, 6.45) is 2.16. The topological polar surface area (TPSA) is 105 Å². The number of carbonyl (C=O) groups excluding carboxylic acids is 2. The SMILES string of the molecule is CC(CCNC(=O)[C@]12C[C@H](NC(=O)OCC3c4ccccc4-c4ccccc43)C[C@H]1C2)C(=O)O. The highest BCUT2D eigenvalue weighted by atomic mass is 16.5. The number of carboxylic acid groups (broad SMARTS) is 1. The fraction of sp³-hybridized carbons (Fsp3) is 0.444. The number of fused-ring (bicyclic) bond motifs is 4. The van der Waals surface area contributed by atoms with Gasteiger partial charge in [0.25, 0.3) is 0 Å². The summed E-state index contributed by atoms with van der Waals surface area (Å²) >= 11 is 0. The predicted octanol–water partition coefficient (Wildman–Crippen LogP) is 3.92. The third-order valence-corrected chi connectivity index (χ3v) is 7.81. The molecule has 0 radical (unpaired) electrons. The maximum Gasteiger partial charge on any atom is 0.407 e. The van der Waals surface area contributed by atoms with Gasteiger partial charge in [0.05, 0.1) is 11.3 Å². The van der Waals surface area contributed by atoms with Crippen molar-refractivity contribution >= 4 is 18.0 Å².